The van der Waals surface area contributed by atoms with E-state index in [2.05, 4.69) is 20.7 Å². The lowest BCUT2D eigenvalue weighted by Gasteiger charge is -2.04. The largest absolute Gasteiger partial charge is 0.454 e. The molecule has 8 nitrogen and oxygen atoms in total. The van der Waals surface area contributed by atoms with Crippen molar-refractivity contribution in [2.75, 3.05) is 12.1 Å². The Balaban J connectivity index is 1.35. The number of aromatic amines is 1. The number of hydrogen-bond donors (Lipinski definition) is 2. The highest BCUT2D eigenvalue weighted by molar-refractivity contribution is 5.92. The Morgan fingerprint density at radius 2 is 2.11 bits per heavy atom. The van der Waals surface area contributed by atoms with Crippen LogP contribution in [0.2, 0.25) is 0 Å². The predicted octanol–water partition coefficient (Wildman–Crippen LogP) is 3.16. The molecule has 2 N–H and O–H groups in total. The number of ether oxygens (including phenoxy) is 2. The fourth-order valence-corrected chi connectivity index (χ4v) is 3.22. The molecule has 1 aliphatic carbocycles. The minimum Gasteiger partial charge on any atom is -0.454 e. The highest BCUT2D eigenvalue weighted by atomic mass is 16.7. The van der Waals surface area contributed by atoms with Crippen LogP contribution in [0.1, 0.15) is 35.8 Å². The third-order valence-corrected chi connectivity index (χ3v) is 4.85. The lowest BCUT2D eigenvalue weighted by molar-refractivity contribution is -0.115. The molecule has 3 heterocycles. The summed E-state index contributed by atoms with van der Waals surface area (Å²) in [5, 5.41) is 14.1. The molecule has 0 radical (unpaired) electrons. The summed E-state index contributed by atoms with van der Waals surface area (Å²) in [7, 11) is 0. The van der Waals surface area contributed by atoms with E-state index < -0.39 is 0 Å². The number of hydrogen-bond acceptors (Lipinski definition) is 6. The minimum atomic E-state index is -0.169. The second-order valence-electron chi connectivity index (χ2n) is 6.84. The van der Waals surface area contributed by atoms with Crippen molar-refractivity contribution in [3.8, 4) is 22.8 Å². The van der Waals surface area contributed by atoms with Gasteiger partial charge in [0, 0.05) is 28.8 Å². The average molecular weight is 366 g/mol. The summed E-state index contributed by atoms with van der Waals surface area (Å²) < 4.78 is 16.1. The molecular weight excluding hydrogens is 348 g/mol. The number of nitrogens with one attached hydrogen (secondary N) is 2. The molecular formula is C19H18N4O4. The molecule has 2 aromatic heterocycles. The van der Waals surface area contributed by atoms with Crippen molar-refractivity contribution in [1.29, 1.82) is 0 Å². The van der Waals surface area contributed by atoms with Crippen LogP contribution in [-0.4, -0.2) is 28.1 Å². The van der Waals surface area contributed by atoms with E-state index in [9.17, 15) is 4.79 Å². The van der Waals surface area contributed by atoms with Crippen molar-refractivity contribution in [3.05, 3.63) is 41.3 Å². The first-order valence-corrected chi connectivity index (χ1v) is 8.87. The van der Waals surface area contributed by atoms with Crippen LogP contribution >= 0.6 is 0 Å². The predicted molar refractivity (Wildman–Crippen MR) is 95.7 cm³/mol. The number of fused-ring (bicyclic) bond motifs is 1. The molecule has 0 bridgehead atoms. The topological polar surface area (TPSA) is 102 Å². The highest BCUT2D eigenvalue weighted by Gasteiger charge is 2.26. The van der Waals surface area contributed by atoms with Gasteiger partial charge in [-0.1, -0.05) is 5.16 Å². The number of carbonyl (C=O) groups is 1. The summed E-state index contributed by atoms with van der Waals surface area (Å²) in [4.78, 5) is 12.5. The quantitative estimate of drug-likeness (QED) is 0.719. The van der Waals surface area contributed by atoms with Gasteiger partial charge in [0.15, 0.2) is 17.3 Å². The number of carbonyl (C=O) groups excluding carboxylic acids is 1. The van der Waals surface area contributed by atoms with Gasteiger partial charge in [-0.25, -0.2) is 0 Å². The van der Waals surface area contributed by atoms with E-state index in [0.717, 1.165) is 16.8 Å². The van der Waals surface area contributed by atoms with Crippen LogP contribution < -0.4 is 14.8 Å². The summed E-state index contributed by atoms with van der Waals surface area (Å²) in [6, 6.07) is 7.45. The van der Waals surface area contributed by atoms with Crippen LogP contribution in [-0.2, 0) is 11.2 Å². The monoisotopic (exact) mass is 366 g/mol. The van der Waals surface area contributed by atoms with Gasteiger partial charge in [-0.05, 0) is 38.0 Å². The number of amides is 1. The molecule has 1 aromatic carbocycles. The first-order valence-electron chi connectivity index (χ1n) is 8.87. The van der Waals surface area contributed by atoms with E-state index in [0.29, 0.717) is 34.7 Å². The third-order valence-electron chi connectivity index (χ3n) is 4.85. The number of benzene rings is 1. The molecule has 1 fully saturated rings. The van der Waals surface area contributed by atoms with Crippen LogP contribution in [0.3, 0.4) is 0 Å². The van der Waals surface area contributed by atoms with Gasteiger partial charge in [-0.15, -0.1) is 0 Å². The smallest absolute Gasteiger partial charge is 0.231 e. The van der Waals surface area contributed by atoms with E-state index >= 15 is 0 Å². The SMILES string of the molecule is Cc1onc(-c2ccc3c(c2)OCO3)c1CC(=O)Nc1cc(C2CC2)[nH]n1. The van der Waals surface area contributed by atoms with Crippen LogP contribution in [0.15, 0.2) is 28.8 Å². The Labute approximate surface area is 154 Å². The summed E-state index contributed by atoms with van der Waals surface area (Å²) in [6.45, 7) is 2.00. The molecule has 0 atom stereocenters. The van der Waals surface area contributed by atoms with Gasteiger partial charge < -0.3 is 19.3 Å². The Bertz CT molecular complexity index is 1020. The summed E-state index contributed by atoms with van der Waals surface area (Å²) in [5.41, 5.74) is 3.26. The average Bonchev–Trinajstić information content (AvgIpc) is 3.06. The van der Waals surface area contributed by atoms with E-state index in [-0.39, 0.29) is 19.1 Å². The normalized spacial score (nSPS) is 15.1. The summed E-state index contributed by atoms with van der Waals surface area (Å²) in [6.07, 6.45) is 2.49. The molecule has 0 unspecified atom stereocenters. The number of nitrogens with zero attached hydrogens (tertiary/aromatic N) is 2. The molecule has 2 aliphatic rings. The van der Waals surface area contributed by atoms with E-state index in [1.54, 1.807) is 6.92 Å². The first-order chi connectivity index (χ1) is 13.2. The summed E-state index contributed by atoms with van der Waals surface area (Å²) >= 11 is 0. The van der Waals surface area contributed by atoms with Crippen molar-refractivity contribution in [1.82, 2.24) is 15.4 Å². The Morgan fingerprint density at radius 3 is 2.96 bits per heavy atom. The maximum Gasteiger partial charge on any atom is 0.231 e. The zero-order valence-corrected chi connectivity index (χ0v) is 14.7. The van der Waals surface area contributed by atoms with E-state index in [4.69, 9.17) is 14.0 Å². The zero-order valence-electron chi connectivity index (χ0n) is 14.7. The maximum atomic E-state index is 12.5. The van der Waals surface area contributed by atoms with Gasteiger partial charge in [-0.2, -0.15) is 5.10 Å². The van der Waals surface area contributed by atoms with Crippen molar-refractivity contribution < 1.29 is 18.8 Å². The van der Waals surface area contributed by atoms with Crippen LogP contribution in [0.5, 0.6) is 11.5 Å². The van der Waals surface area contributed by atoms with Gasteiger partial charge in [-0.3, -0.25) is 9.89 Å². The molecule has 1 aliphatic heterocycles. The Kier molecular flexibility index (Phi) is 3.63. The number of rotatable bonds is 5. The Morgan fingerprint density at radius 1 is 1.26 bits per heavy atom. The van der Waals surface area contributed by atoms with Crippen LogP contribution in [0.4, 0.5) is 5.82 Å². The summed E-state index contributed by atoms with van der Waals surface area (Å²) in [5.74, 6) is 2.90. The molecule has 8 heteroatoms. The highest BCUT2D eigenvalue weighted by Crippen LogP contribution is 2.39. The number of aryl methyl sites for hydroxylation is 1. The molecule has 0 spiro atoms. The van der Waals surface area contributed by atoms with Crippen LogP contribution in [0.25, 0.3) is 11.3 Å². The van der Waals surface area contributed by atoms with Gasteiger partial charge >= 0.3 is 0 Å². The van der Waals surface area contributed by atoms with E-state index in [1.165, 1.54) is 12.8 Å². The zero-order chi connectivity index (χ0) is 18.4. The van der Waals surface area contributed by atoms with Gasteiger partial charge in [0.25, 0.3) is 0 Å². The lowest BCUT2D eigenvalue weighted by atomic mass is 10.0. The van der Waals surface area contributed by atoms with Crippen molar-refractivity contribution in [2.45, 2.75) is 32.1 Å². The van der Waals surface area contributed by atoms with Crippen molar-refractivity contribution >= 4 is 11.7 Å². The van der Waals surface area contributed by atoms with Gasteiger partial charge in [0.1, 0.15) is 11.5 Å². The molecule has 1 amide bonds. The molecule has 27 heavy (non-hydrogen) atoms. The fourth-order valence-electron chi connectivity index (χ4n) is 3.22. The molecule has 138 valence electrons. The molecule has 5 rings (SSSR count). The molecule has 1 saturated carbocycles. The Hall–Kier alpha value is -3.29. The third kappa shape index (κ3) is 3.03. The first kappa shape index (κ1) is 15.9. The standard InChI is InChI=1S/C19H18N4O4/c1-10-13(7-18(24)20-17-8-14(21-22-17)11-2-3-11)19(23-27-10)12-4-5-15-16(6-12)26-9-25-15/h4-6,8,11H,2-3,7,9H2,1H3,(H2,20,21,22,24). The van der Waals surface area contributed by atoms with Gasteiger partial charge in [0.05, 0.1) is 6.42 Å². The molecule has 0 saturated heterocycles. The number of aromatic nitrogens is 3. The second-order valence-corrected chi connectivity index (χ2v) is 6.84. The van der Waals surface area contributed by atoms with Gasteiger partial charge in [0.2, 0.25) is 12.7 Å². The van der Waals surface area contributed by atoms with Crippen LogP contribution in [0, 0.1) is 6.92 Å². The molecule has 3 aromatic rings. The lowest BCUT2D eigenvalue weighted by Crippen LogP contribution is -2.15. The minimum absolute atomic E-state index is 0.144. The second kappa shape index (κ2) is 6.15. The fraction of sp³-hybridized carbons (Fsp3) is 0.316. The van der Waals surface area contributed by atoms with E-state index in [1.807, 2.05) is 24.3 Å². The maximum absolute atomic E-state index is 12.5. The van der Waals surface area contributed by atoms with Crippen molar-refractivity contribution in [3.63, 3.8) is 0 Å². The number of anilines is 1. The van der Waals surface area contributed by atoms with Crippen molar-refractivity contribution in [2.24, 2.45) is 0 Å². The number of H-pyrrole nitrogens is 1.